The van der Waals surface area contributed by atoms with Gasteiger partial charge in [0.05, 0.1) is 12.0 Å². The van der Waals surface area contributed by atoms with E-state index in [-0.39, 0.29) is 0 Å². The van der Waals surface area contributed by atoms with E-state index in [1.807, 2.05) is 6.20 Å². The van der Waals surface area contributed by atoms with Crippen LogP contribution in [0.1, 0.15) is 12.6 Å². The fraction of sp³-hybridized carbons (Fsp3) is 0.600. The molecular formula is C5H10N3P. The second kappa shape index (κ2) is 2.92. The summed E-state index contributed by atoms with van der Waals surface area (Å²) in [6.45, 7) is 2.07. The second-order valence-corrected chi connectivity index (χ2v) is 2.15. The van der Waals surface area contributed by atoms with E-state index in [1.54, 1.807) is 4.68 Å². The first-order valence-corrected chi connectivity index (χ1v) is 3.77. The third-order valence-electron chi connectivity index (χ3n) is 1.14. The second-order valence-electron chi connectivity index (χ2n) is 1.79. The number of nitrogens with zero attached hydrogens (tertiary/aromatic N) is 3. The van der Waals surface area contributed by atoms with Gasteiger partial charge in [0, 0.05) is 6.20 Å². The number of hydrogen-bond acceptors (Lipinski definition) is 2. The van der Waals surface area contributed by atoms with Crippen LogP contribution < -0.4 is 0 Å². The van der Waals surface area contributed by atoms with Crippen LogP contribution in [0.5, 0.6) is 0 Å². The van der Waals surface area contributed by atoms with E-state index in [4.69, 9.17) is 0 Å². The minimum atomic E-state index is 0.826. The van der Waals surface area contributed by atoms with Crippen molar-refractivity contribution in [2.24, 2.45) is 0 Å². The van der Waals surface area contributed by atoms with Gasteiger partial charge in [0.2, 0.25) is 0 Å². The summed E-state index contributed by atoms with van der Waals surface area (Å²) in [6, 6.07) is 0. The Balaban J connectivity index is 2.74. The summed E-state index contributed by atoms with van der Waals surface area (Å²) in [4.78, 5) is 0. The summed E-state index contributed by atoms with van der Waals surface area (Å²) in [5.41, 5.74) is 1.05. The third-order valence-corrected chi connectivity index (χ3v) is 1.51. The predicted molar refractivity (Wildman–Crippen MR) is 39.1 cm³/mol. The van der Waals surface area contributed by atoms with Crippen molar-refractivity contribution in [3.05, 3.63) is 11.9 Å². The highest BCUT2D eigenvalue weighted by atomic mass is 31.0. The SMILES string of the molecule is CCc1cn(CP)nn1. The van der Waals surface area contributed by atoms with Crippen LogP contribution in [-0.2, 0) is 12.7 Å². The van der Waals surface area contributed by atoms with Gasteiger partial charge in [-0.05, 0) is 6.42 Å². The Kier molecular flexibility index (Phi) is 2.17. The first-order chi connectivity index (χ1) is 4.36. The molecule has 0 saturated carbocycles. The van der Waals surface area contributed by atoms with Crippen LogP contribution in [0.4, 0.5) is 0 Å². The van der Waals surface area contributed by atoms with Crippen molar-refractivity contribution in [2.75, 3.05) is 0 Å². The van der Waals surface area contributed by atoms with Crippen molar-refractivity contribution in [1.82, 2.24) is 15.0 Å². The number of aromatic nitrogens is 3. The van der Waals surface area contributed by atoms with E-state index in [9.17, 15) is 0 Å². The van der Waals surface area contributed by atoms with E-state index >= 15 is 0 Å². The Morgan fingerprint density at radius 1 is 1.78 bits per heavy atom. The van der Waals surface area contributed by atoms with Crippen molar-refractivity contribution in [2.45, 2.75) is 19.6 Å². The molecule has 1 heterocycles. The Morgan fingerprint density at radius 3 is 2.89 bits per heavy atom. The number of hydrogen-bond donors (Lipinski definition) is 0. The molecule has 0 amide bonds. The smallest absolute Gasteiger partial charge is 0.0824 e. The third kappa shape index (κ3) is 1.49. The molecule has 0 radical (unpaired) electrons. The summed E-state index contributed by atoms with van der Waals surface area (Å²) in [5, 5.41) is 7.76. The van der Waals surface area contributed by atoms with Crippen LogP contribution in [0.3, 0.4) is 0 Å². The van der Waals surface area contributed by atoms with Gasteiger partial charge in [-0.1, -0.05) is 12.1 Å². The van der Waals surface area contributed by atoms with Gasteiger partial charge >= 0.3 is 0 Å². The summed E-state index contributed by atoms with van der Waals surface area (Å²) in [5.74, 6) is 0. The van der Waals surface area contributed by atoms with Crippen molar-refractivity contribution in [3.8, 4) is 0 Å². The van der Waals surface area contributed by atoms with E-state index in [2.05, 4.69) is 26.5 Å². The molecule has 0 spiro atoms. The molecule has 0 N–H and O–H groups in total. The van der Waals surface area contributed by atoms with Crippen molar-refractivity contribution in [1.29, 1.82) is 0 Å². The molecule has 0 bridgehead atoms. The van der Waals surface area contributed by atoms with Gasteiger partial charge in [-0.15, -0.1) is 14.3 Å². The molecule has 0 saturated heterocycles. The maximum absolute atomic E-state index is 3.91. The van der Waals surface area contributed by atoms with Gasteiger partial charge in [0.15, 0.2) is 0 Å². The molecular weight excluding hydrogens is 133 g/mol. The van der Waals surface area contributed by atoms with E-state index in [0.29, 0.717) is 0 Å². The normalized spacial score (nSPS) is 10.0. The van der Waals surface area contributed by atoms with Crippen molar-refractivity contribution in [3.63, 3.8) is 0 Å². The molecule has 0 aliphatic heterocycles. The topological polar surface area (TPSA) is 30.7 Å². The lowest BCUT2D eigenvalue weighted by Gasteiger charge is -1.86. The van der Waals surface area contributed by atoms with Gasteiger partial charge in [0.1, 0.15) is 0 Å². The lowest BCUT2D eigenvalue weighted by atomic mass is 10.4. The molecule has 1 atom stereocenters. The maximum Gasteiger partial charge on any atom is 0.0824 e. The van der Waals surface area contributed by atoms with Crippen LogP contribution in [0, 0.1) is 0 Å². The molecule has 0 aliphatic rings. The molecule has 0 fully saturated rings. The molecule has 1 rings (SSSR count). The van der Waals surface area contributed by atoms with Gasteiger partial charge in [-0.25, -0.2) is 4.68 Å². The van der Waals surface area contributed by atoms with Gasteiger partial charge < -0.3 is 0 Å². The standard InChI is InChI=1S/C5H10N3P/c1-2-5-3-8(4-9)7-6-5/h3H,2,4,9H2,1H3. The molecule has 4 heteroatoms. The highest BCUT2D eigenvalue weighted by molar-refractivity contribution is 7.15. The monoisotopic (exact) mass is 143 g/mol. The predicted octanol–water partition coefficient (Wildman–Crippen LogP) is 0.673. The molecule has 0 aliphatic carbocycles. The summed E-state index contributed by atoms with van der Waals surface area (Å²) in [6.07, 6.45) is 3.74. The summed E-state index contributed by atoms with van der Waals surface area (Å²) in [7, 11) is 2.59. The average Bonchev–Trinajstić information content (AvgIpc) is 2.34. The Hall–Kier alpha value is -0.430. The first kappa shape index (κ1) is 6.69. The van der Waals surface area contributed by atoms with E-state index in [0.717, 1.165) is 18.4 Å². The highest BCUT2D eigenvalue weighted by Gasteiger charge is 1.92. The first-order valence-electron chi connectivity index (χ1n) is 2.96. The minimum Gasteiger partial charge on any atom is -0.249 e. The number of aryl methyl sites for hydroxylation is 1. The summed E-state index contributed by atoms with van der Waals surface area (Å²) < 4.78 is 1.80. The van der Waals surface area contributed by atoms with E-state index < -0.39 is 0 Å². The zero-order valence-corrected chi connectivity index (χ0v) is 6.57. The molecule has 0 aromatic carbocycles. The van der Waals surface area contributed by atoms with Crippen LogP contribution >= 0.6 is 9.24 Å². The van der Waals surface area contributed by atoms with Gasteiger partial charge in [-0.3, -0.25) is 0 Å². The zero-order chi connectivity index (χ0) is 6.69. The Bertz CT molecular complexity index is 166. The molecule has 50 valence electrons. The van der Waals surface area contributed by atoms with Crippen LogP contribution in [-0.4, -0.2) is 15.0 Å². The Labute approximate surface area is 56.7 Å². The van der Waals surface area contributed by atoms with E-state index in [1.165, 1.54) is 0 Å². The largest absolute Gasteiger partial charge is 0.249 e. The fourth-order valence-corrected chi connectivity index (χ4v) is 0.768. The number of rotatable bonds is 2. The molecule has 1 aromatic heterocycles. The van der Waals surface area contributed by atoms with Crippen molar-refractivity contribution >= 4 is 9.24 Å². The average molecular weight is 143 g/mol. The molecule has 3 nitrogen and oxygen atoms in total. The van der Waals surface area contributed by atoms with Crippen LogP contribution in [0.25, 0.3) is 0 Å². The minimum absolute atomic E-state index is 0.826. The highest BCUT2D eigenvalue weighted by Crippen LogP contribution is 1.95. The van der Waals surface area contributed by atoms with Gasteiger partial charge in [-0.2, -0.15) is 0 Å². The molecule has 1 aromatic rings. The maximum atomic E-state index is 3.91. The molecule has 9 heavy (non-hydrogen) atoms. The lowest BCUT2D eigenvalue weighted by molar-refractivity contribution is 0.700. The Morgan fingerprint density at radius 2 is 2.56 bits per heavy atom. The molecule has 1 unspecified atom stereocenters. The fourth-order valence-electron chi connectivity index (χ4n) is 0.590. The van der Waals surface area contributed by atoms with Gasteiger partial charge in [0.25, 0.3) is 0 Å². The lowest BCUT2D eigenvalue weighted by Crippen LogP contribution is -1.90. The quantitative estimate of drug-likeness (QED) is 0.570. The van der Waals surface area contributed by atoms with Crippen LogP contribution in [0.2, 0.25) is 0 Å². The van der Waals surface area contributed by atoms with Crippen molar-refractivity contribution < 1.29 is 0 Å². The zero-order valence-electron chi connectivity index (χ0n) is 5.41. The summed E-state index contributed by atoms with van der Waals surface area (Å²) >= 11 is 0. The van der Waals surface area contributed by atoms with Crippen LogP contribution in [0.15, 0.2) is 6.20 Å².